The van der Waals surface area contributed by atoms with Crippen molar-refractivity contribution in [2.45, 2.75) is 63.4 Å². The molecule has 1 aliphatic carbocycles. The molecule has 3 fully saturated rings. The predicted octanol–water partition coefficient (Wildman–Crippen LogP) is 4.45. The van der Waals surface area contributed by atoms with Gasteiger partial charge in [0.15, 0.2) is 0 Å². The van der Waals surface area contributed by atoms with Crippen molar-refractivity contribution in [1.82, 2.24) is 24.7 Å². The maximum atomic E-state index is 13.5. The number of phenolic OH excluding ortho intramolecular Hbond substituents is 1. The van der Waals surface area contributed by atoms with Crippen LogP contribution in [0.3, 0.4) is 0 Å². The van der Waals surface area contributed by atoms with Gasteiger partial charge in [0, 0.05) is 87.3 Å². The number of hydrogen-bond acceptors (Lipinski definition) is 11. The summed E-state index contributed by atoms with van der Waals surface area (Å²) in [6.07, 6.45) is 14.2. The van der Waals surface area contributed by atoms with Gasteiger partial charge >= 0.3 is 6.01 Å². The van der Waals surface area contributed by atoms with Gasteiger partial charge in [-0.3, -0.25) is 9.69 Å². The number of fused-ring (bicyclic) bond motifs is 2. The SMILES string of the molecule is C#Cc1cccc2cc(O)cc([C@@H]3Cc4nc(OCC5(CN(C)C)CC5)nc(N5CCN(C(=O)/C=C/CN6CCC(OC)CC6)[C@@H](CC#N)C5)c4CO3)c12. The first-order chi connectivity index (χ1) is 26.2. The molecule has 4 aliphatic rings. The van der Waals surface area contributed by atoms with Crippen LogP contribution in [0.25, 0.3) is 10.8 Å². The van der Waals surface area contributed by atoms with Gasteiger partial charge in [-0.1, -0.05) is 24.1 Å². The number of rotatable bonds is 12. The summed E-state index contributed by atoms with van der Waals surface area (Å²) in [5, 5.41) is 22.3. The molecule has 2 aromatic carbocycles. The Hall–Kier alpha value is -4.72. The minimum Gasteiger partial charge on any atom is -0.508 e. The number of terminal acetylenes is 1. The van der Waals surface area contributed by atoms with E-state index in [1.54, 1.807) is 25.3 Å². The summed E-state index contributed by atoms with van der Waals surface area (Å²) in [5.41, 5.74) is 3.30. The molecule has 1 saturated carbocycles. The summed E-state index contributed by atoms with van der Waals surface area (Å²) in [5.74, 6) is 3.57. The van der Waals surface area contributed by atoms with Crippen molar-refractivity contribution < 1.29 is 24.1 Å². The van der Waals surface area contributed by atoms with Crippen LogP contribution >= 0.6 is 0 Å². The number of carbonyl (C=O) groups is 1. The van der Waals surface area contributed by atoms with E-state index in [4.69, 9.17) is 30.6 Å². The lowest BCUT2D eigenvalue weighted by molar-refractivity contribution is -0.128. The van der Waals surface area contributed by atoms with E-state index >= 15 is 0 Å². The topological polar surface area (TPSA) is 128 Å². The van der Waals surface area contributed by atoms with Gasteiger partial charge in [-0.15, -0.1) is 6.42 Å². The maximum absolute atomic E-state index is 13.5. The van der Waals surface area contributed by atoms with Crippen molar-refractivity contribution >= 4 is 22.5 Å². The number of amides is 1. The van der Waals surface area contributed by atoms with Gasteiger partial charge in [0.05, 0.1) is 49.6 Å². The van der Waals surface area contributed by atoms with Crippen LogP contribution in [0.2, 0.25) is 0 Å². The number of nitriles is 1. The molecule has 0 spiro atoms. The highest BCUT2D eigenvalue weighted by atomic mass is 16.5. The van der Waals surface area contributed by atoms with Crippen LogP contribution in [0, 0.1) is 29.1 Å². The Balaban J connectivity index is 1.14. The molecule has 2 atom stereocenters. The summed E-state index contributed by atoms with van der Waals surface area (Å²) in [7, 11) is 5.92. The van der Waals surface area contributed by atoms with Crippen LogP contribution in [0.15, 0.2) is 42.5 Å². The number of piperazine rings is 1. The van der Waals surface area contributed by atoms with Crippen molar-refractivity contribution in [2.24, 2.45) is 5.41 Å². The highest BCUT2D eigenvalue weighted by molar-refractivity contribution is 5.92. The molecule has 1 N–H and O–H groups in total. The number of anilines is 1. The minimum absolute atomic E-state index is 0.0816. The van der Waals surface area contributed by atoms with E-state index in [-0.39, 0.29) is 36.1 Å². The highest BCUT2D eigenvalue weighted by Crippen LogP contribution is 2.46. The number of hydrogen-bond donors (Lipinski definition) is 1. The molecule has 3 aliphatic heterocycles. The second kappa shape index (κ2) is 16.3. The molecule has 1 amide bonds. The van der Waals surface area contributed by atoms with E-state index in [2.05, 4.69) is 40.8 Å². The molecular weight excluding hydrogens is 683 g/mol. The second-order valence-corrected chi connectivity index (χ2v) is 15.5. The summed E-state index contributed by atoms with van der Waals surface area (Å²) in [6, 6.07) is 11.5. The molecule has 2 saturated heterocycles. The molecular formula is C42H51N7O5. The zero-order valence-electron chi connectivity index (χ0n) is 31.7. The molecule has 7 rings (SSSR count). The number of aromatic hydroxyl groups is 1. The number of nitrogens with zero attached hydrogens (tertiary/aromatic N) is 7. The summed E-state index contributed by atoms with van der Waals surface area (Å²) in [4.78, 5) is 32.0. The van der Waals surface area contributed by atoms with E-state index in [1.165, 1.54) is 0 Å². The van der Waals surface area contributed by atoms with Crippen LogP contribution in [-0.4, -0.2) is 121 Å². The smallest absolute Gasteiger partial charge is 0.318 e. The van der Waals surface area contributed by atoms with Crippen molar-refractivity contribution in [3.05, 3.63) is 64.9 Å². The number of phenols is 1. The van der Waals surface area contributed by atoms with Gasteiger partial charge < -0.3 is 34.0 Å². The number of methoxy groups -OCH3 is 1. The van der Waals surface area contributed by atoms with E-state index in [1.807, 2.05) is 29.2 Å². The average Bonchev–Trinajstić information content (AvgIpc) is 3.94. The largest absolute Gasteiger partial charge is 0.508 e. The van der Waals surface area contributed by atoms with Gasteiger partial charge in [0.25, 0.3) is 0 Å². The number of carbonyl (C=O) groups excluding carboxylic acids is 1. The van der Waals surface area contributed by atoms with E-state index in [9.17, 15) is 15.2 Å². The molecule has 3 aromatic rings. The van der Waals surface area contributed by atoms with Crippen LogP contribution in [-0.2, 0) is 27.3 Å². The number of benzene rings is 2. The quantitative estimate of drug-likeness (QED) is 0.210. The molecule has 54 heavy (non-hydrogen) atoms. The first kappa shape index (κ1) is 37.6. The Kier molecular flexibility index (Phi) is 11.4. The van der Waals surface area contributed by atoms with Gasteiger partial charge in [-0.05, 0) is 68.9 Å². The van der Waals surface area contributed by atoms with Gasteiger partial charge in [0.2, 0.25) is 5.91 Å². The Bertz CT molecular complexity index is 1960. The lowest BCUT2D eigenvalue weighted by Crippen LogP contribution is -2.55. The number of likely N-dealkylation sites (tertiary alicyclic amines) is 1. The van der Waals surface area contributed by atoms with Crippen molar-refractivity contribution in [3.63, 3.8) is 0 Å². The summed E-state index contributed by atoms with van der Waals surface area (Å²) < 4.78 is 18.5. The molecule has 1 aromatic heterocycles. The lowest BCUT2D eigenvalue weighted by atomic mass is 9.92. The average molecular weight is 734 g/mol. The third-order valence-corrected chi connectivity index (χ3v) is 11.4. The van der Waals surface area contributed by atoms with Crippen LogP contribution in [0.1, 0.15) is 60.6 Å². The molecule has 4 heterocycles. The highest BCUT2D eigenvalue weighted by Gasteiger charge is 2.44. The number of ether oxygens (including phenoxy) is 3. The van der Waals surface area contributed by atoms with Crippen LogP contribution in [0.4, 0.5) is 5.82 Å². The van der Waals surface area contributed by atoms with Gasteiger partial charge in [0.1, 0.15) is 11.6 Å². The Morgan fingerprint density at radius 3 is 2.72 bits per heavy atom. The van der Waals surface area contributed by atoms with E-state index < -0.39 is 6.10 Å². The molecule has 284 valence electrons. The molecule has 0 radical (unpaired) electrons. The molecule has 0 bridgehead atoms. The molecule has 12 nitrogen and oxygen atoms in total. The fraction of sp³-hybridized carbons (Fsp3) is 0.524. The maximum Gasteiger partial charge on any atom is 0.318 e. The normalized spacial score (nSPS) is 21.6. The van der Waals surface area contributed by atoms with Crippen molar-refractivity contribution in [1.29, 1.82) is 5.26 Å². The van der Waals surface area contributed by atoms with E-state index in [0.29, 0.717) is 57.1 Å². The number of aromatic nitrogens is 2. The standard InChI is InChI=1S/C42H51N7O5/c1-5-29-8-6-9-30-22-32(50)23-34(39(29)30)37-24-36-35(26-53-37)40(45-41(44-36)54-28-42(14-15-42)27-46(2)3)48-20-21-49(31(25-48)11-16-43)38(51)10-7-17-47-18-12-33(52-4)13-19-47/h1,6-10,22-23,31,33,37,50H,11-15,17-21,24-28H2,2-4H3/b10-7+/t31-,37-/m0/s1. The first-order valence-corrected chi connectivity index (χ1v) is 19.0. The Morgan fingerprint density at radius 1 is 1.19 bits per heavy atom. The minimum atomic E-state index is -0.417. The fourth-order valence-electron chi connectivity index (χ4n) is 8.33. The monoisotopic (exact) mass is 733 g/mol. The van der Waals surface area contributed by atoms with Crippen molar-refractivity contribution in [3.8, 4) is 30.2 Å². The fourth-order valence-corrected chi connectivity index (χ4v) is 8.33. The Labute approximate surface area is 318 Å². The third kappa shape index (κ3) is 8.33. The zero-order valence-corrected chi connectivity index (χ0v) is 31.7. The van der Waals surface area contributed by atoms with E-state index in [0.717, 1.165) is 78.5 Å². The van der Waals surface area contributed by atoms with Crippen molar-refractivity contribution in [2.75, 3.05) is 78.5 Å². The van der Waals surface area contributed by atoms with Crippen LogP contribution < -0.4 is 9.64 Å². The van der Waals surface area contributed by atoms with Gasteiger partial charge in [-0.2, -0.15) is 15.2 Å². The second-order valence-electron chi connectivity index (χ2n) is 15.5. The molecule has 0 unspecified atom stereocenters. The lowest BCUT2D eigenvalue weighted by Gasteiger charge is -2.42. The summed E-state index contributed by atoms with van der Waals surface area (Å²) in [6.45, 7) is 5.70. The van der Waals surface area contributed by atoms with Crippen LogP contribution in [0.5, 0.6) is 11.8 Å². The predicted molar refractivity (Wildman–Crippen MR) is 206 cm³/mol. The Morgan fingerprint density at radius 2 is 2.00 bits per heavy atom. The third-order valence-electron chi connectivity index (χ3n) is 11.4. The number of piperidine rings is 1. The summed E-state index contributed by atoms with van der Waals surface area (Å²) >= 11 is 0. The van der Waals surface area contributed by atoms with Gasteiger partial charge in [-0.25, -0.2) is 0 Å². The first-order valence-electron chi connectivity index (χ1n) is 19.0. The molecule has 12 heteroatoms. The zero-order chi connectivity index (χ0) is 37.8.